The first-order valence-corrected chi connectivity index (χ1v) is 5.61. The van der Waals surface area contributed by atoms with Gasteiger partial charge in [0.25, 0.3) is 0 Å². The molecule has 3 unspecified atom stereocenters. The maximum Gasteiger partial charge on any atom is 0.332 e. The summed E-state index contributed by atoms with van der Waals surface area (Å²) in [5, 5.41) is 9.31. The predicted octanol–water partition coefficient (Wildman–Crippen LogP) is -0.129. The van der Waals surface area contributed by atoms with E-state index >= 15 is 0 Å². The highest BCUT2D eigenvalue weighted by atomic mass is 16.5. The zero-order valence-electron chi connectivity index (χ0n) is 9.80. The van der Waals surface area contributed by atoms with Crippen LogP contribution in [0.25, 0.3) is 0 Å². The number of nitrogens with zero attached hydrogens (tertiary/aromatic N) is 1. The monoisotopic (exact) mass is 241 g/mol. The fourth-order valence-electron chi connectivity index (χ4n) is 2.36. The lowest BCUT2D eigenvalue weighted by molar-refractivity contribution is -0.163. The number of carbonyl (C=O) groups excluding carboxylic acids is 2. The summed E-state index contributed by atoms with van der Waals surface area (Å²) in [4.78, 5) is 36.3. The molecule has 2 amide bonds. The van der Waals surface area contributed by atoms with Crippen LogP contribution in [0.15, 0.2) is 0 Å². The summed E-state index contributed by atoms with van der Waals surface area (Å²) < 4.78 is 5.07. The second-order valence-corrected chi connectivity index (χ2v) is 4.73. The smallest absolute Gasteiger partial charge is 0.332 e. The number of hydrogen-bond acceptors (Lipinski definition) is 4. The molecule has 2 aliphatic heterocycles. The van der Waals surface area contributed by atoms with E-state index in [1.54, 1.807) is 13.8 Å². The molecule has 6 heteroatoms. The molecule has 0 spiro atoms. The van der Waals surface area contributed by atoms with Crippen molar-refractivity contribution >= 4 is 17.8 Å². The van der Waals surface area contributed by atoms with Gasteiger partial charge in [-0.2, -0.15) is 0 Å². The third kappa shape index (κ3) is 1.47. The molecule has 2 rings (SSSR count). The van der Waals surface area contributed by atoms with E-state index in [2.05, 4.69) is 0 Å². The van der Waals surface area contributed by atoms with Crippen molar-refractivity contribution < 1.29 is 24.2 Å². The summed E-state index contributed by atoms with van der Waals surface area (Å²) >= 11 is 0. The molecule has 3 atom stereocenters. The number of carbonyl (C=O) groups is 3. The number of carboxylic acid groups (broad SMARTS) is 1. The number of likely N-dealkylation sites (tertiary alicyclic amines) is 1. The number of carboxylic acids is 1. The quantitative estimate of drug-likeness (QED) is 0.681. The zero-order chi connectivity index (χ0) is 12.8. The summed E-state index contributed by atoms with van der Waals surface area (Å²) in [5.41, 5.74) is -1.49. The highest BCUT2D eigenvalue weighted by molar-refractivity contribution is 6.08. The second-order valence-electron chi connectivity index (χ2n) is 4.73. The second kappa shape index (κ2) is 3.80. The van der Waals surface area contributed by atoms with Crippen molar-refractivity contribution in [3.05, 3.63) is 0 Å². The molecular weight excluding hydrogens is 226 g/mol. The molecular formula is C11H15NO5. The van der Waals surface area contributed by atoms with E-state index in [4.69, 9.17) is 4.74 Å². The largest absolute Gasteiger partial charge is 0.479 e. The Hall–Kier alpha value is -1.43. The van der Waals surface area contributed by atoms with Crippen LogP contribution in [-0.2, 0) is 19.1 Å². The number of rotatable bonds is 2. The minimum absolute atomic E-state index is 0.112. The van der Waals surface area contributed by atoms with Gasteiger partial charge >= 0.3 is 5.97 Å². The van der Waals surface area contributed by atoms with Crippen LogP contribution in [0.3, 0.4) is 0 Å². The van der Waals surface area contributed by atoms with Crippen LogP contribution in [0.4, 0.5) is 0 Å². The summed E-state index contributed by atoms with van der Waals surface area (Å²) in [6.45, 7) is 3.44. The molecule has 94 valence electrons. The maximum absolute atomic E-state index is 12.0. The molecule has 0 bridgehead atoms. The Kier molecular flexibility index (Phi) is 2.69. The molecule has 1 N–H and O–H groups in total. The van der Waals surface area contributed by atoms with Crippen LogP contribution in [0.1, 0.15) is 20.3 Å². The lowest BCUT2D eigenvalue weighted by atomic mass is 9.96. The Labute approximate surface area is 98.5 Å². The molecule has 0 saturated carbocycles. The lowest BCUT2D eigenvalue weighted by Crippen LogP contribution is -2.58. The van der Waals surface area contributed by atoms with Gasteiger partial charge in [-0.1, -0.05) is 13.8 Å². The van der Waals surface area contributed by atoms with Crippen LogP contribution >= 0.6 is 0 Å². The highest BCUT2D eigenvalue weighted by Crippen LogP contribution is 2.36. The van der Waals surface area contributed by atoms with Crippen LogP contribution in [-0.4, -0.2) is 46.5 Å². The van der Waals surface area contributed by atoms with Gasteiger partial charge in [0.1, 0.15) is 0 Å². The van der Waals surface area contributed by atoms with Crippen molar-refractivity contribution in [2.75, 3.05) is 13.2 Å². The van der Waals surface area contributed by atoms with E-state index in [1.807, 2.05) is 0 Å². The molecule has 0 aromatic heterocycles. The summed E-state index contributed by atoms with van der Waals surface area (Å²) in [5.74, 6) is -2.90. The fraction of sp³-hybridized carbons (Fsp3) is 0.727. The molecule has 2 heterocycles. The number of ether oxygens (including phenoxy) is 1. The highest BCUT2D eigenvalue weighted by Gasteiger charge is 2.58. The third-order valence-corrected chi connectivity index (χ3v) is 3.80. The van der Waals surface area contributed by atoms with Gasteiger partial charge in [0.2, 0.25) is 11.8 Å². The molecule has 0 radical (unpaired) electrons. The van der Waals surface area contributed by atoms with Crippen molar-refractivity contribution in [2.45, 2.75) is 25.8 Å². The first-order chi connectivity index (χ1) is 7.92. The Morgan fingerprint density at radius 3 is 2.24 bits per heavy atom. The Morgan fingerprint density at radius 1 is 1.35 bits per heavy atom. The fourth-order valence-corrected chi connectivity index (χ4v) is 2.36. The first kappa shape index (κ1) is 12.0. The van der Waals surface area contributed by atoms with Gasteiger partial charge in [0.15, 0.2) is 5.54 Å². The van der Waals surface area contributed by atoms with Crippen LogP contribution < -0.4 is 0 Å². The van der Waals surface area contributed by atoms with Crippen molar-refractivity contribution in [1.82, 2.24) is 4.90 Å². The Bertz CT molecular complexity index is 365. The van der Waals surface area contributed by atoms with Crippen molar-refractivity contribution in [3.8, 4) is 0 Å². The molecule has 6 nitrogen and oxygen atoms in total. The summed E-state index contributed by atoms with van der Waals surface area (Å²) in [7, 11) is 0. The number of hydrogen-bond donors (Lipinski definition) is 1. The van der Waals surface area contributed by atoms with Gasteiger partial charge in [-0.05, 0) is 0 Å². The van der Waals surface area contributed by atoms with Gasteiger partial charge in [-0.25, -0.2) is 4.79 Å². The van der Waals surface area contributed by atoms with Gasteiger partial charge < -0.3 is 9.84 Å². The normalized spacial score (nSPS) is 37.9. The van der Waals surface area contributed by atoms with Gasteiger partial charge in [0, 0.05) is 24.9 Å². The Balaban J connectivity index is 2.41. The molecule has 17 heavy (non-hydrogen) atoms. The summed E-state index contributed by atoms with van der Waals surface area (Å²) in [6, 6.07) is 0. The topological polar surface area (TPSA) is 83.9 Å². The third-order valence-electron chi connectivity index (χ3n) is 3.80. The molecule has 2 aliphatic rings. The standard InChI is InChI=1S/C11H15NO5/c1-6-7(2)9(14)12(8(6)13)11(10(15)16)3-4-17-5-11/h6-7H,3-5H2,1-2H3,(H,15,16). The molecule has 2 saturated heterocycles. The van der Waals surface area contributed by atoms with E-state index in [1.165, 1.54) is 0 Å². The predicted molar refractivity (Wildman–Crippen MR) is 56.0 cm³/mol. The van der Waals surface area contributed by atoms with Crippen LogP contribution in [0.5, 0.6) is 0 Å². The number of aliphatic carboxylic acids is 1. The molecule has 0 aromatic carbocycles. The SMILES string of the molecule is CC1C(=O)N(C2(C(=O)O)CCOC2)C(=O)C1C. The minimum atomic E-state index is -1.49. The van der Waals surface area contributed by atoms with Crippen molar-refractivity contribution in [2.24, 2.45) is 11.8 Å². The molecule has 2 fully saturated rings. The van der Waals surface area contributed by atoms with Crippen molar-refractivity contribution in [1.29, 1.82) is 0 Å². The van der Waals surface area contributed by atoms with Crippen molar-refractivity contribution in [3.63, 3.8) is 0 Å². The summed E-state index contributed by atoms with van der Waals surface area (Å²) in [6.07, 6.45) is 0.166. The van der Waals surface area contributed by atoms with E-state index in [0.717, 1.165) is 4.90 Å². The number of amides is 2. The Morgan fingerprint density at radius 2 is 1.88 bits per heavy atom. The molecule has 0 aromatic rings. The van der Waals surface area contributed by atoms with Crippen LogP contribution in [0.2, 0.25) is 0 Å². The van der Waals surface area contributed by atoms with E-state index in [9.17, 15) is 19.5 Å². The van der Waals surface area contributed by atoms with E-state index < -0.39 is 35.2 Å². The van der Waals surface area contributed by atoms with E-state index in [-0.39, 0.29) is 19.6 Å². The lowest BCUT2D eigenvalue weighted by Gasteiger charge is -2.31. The van der Waals surface area contributed by atoms with E-state index in [0.29, 0.717) is 0 Å². The number of imide groups is 1. The van der Waals surface area contributed by atoms with Gasteiger partial charge in [-0.15, -0.1) is 0 Å². The van der Waals surface area contributed by atoms with Gasteiger partial charge in [-0.3, -0.25) is 14.5 Å². The minimum Gasteiger partial charge on any atom is -0.479 e. The average molecular weight is 241 g/mol. The maximum atomic E-state index is 12.0. The average Bonchev–Trinajstić information content (AvgIpc) is 2.82. The first-order valence-electron chi connectivity index (χ1n) is 5.61. The van der Waals surface area contributed by atoms with Crippen LogP contribution in [0, 0.1) is 11.8 Å². The molecule has 0 aliphatic carbocycles. The van der Waals surface area contributed by atoms with Gasteiger partial charge in [0.05, 0.1) is 6.61 Å². The zero-order valence-corrected chi connectivity index (χ0v) is 9.80.